The molecule has 0 aliphatic carbocycles. The van der Waals surface area contributed by atoms with E-state index in [4.69, 9.17) is 4.74 Å². The molecule has 5 nitrogen and oxygen atoms in total. The summed E-state index contributed by atoms with van der Waals surface area (Å²) in [5, 5.41) is 2.85. The van der Waals surface area contributed by atoms with E-state index < -0.39 is 0 Å². The summed E-state index contributed by atoms with van der Waals surface area (Å²) >= 11 is 0. The van der Waals surface area contributed by atoms with E-state index in [2.05, 4.69) is 5.32 Å². The zero-order chi connectivity index (χ0) is 17.4. The third-order valence-corrected chi connectivity index (χ3v) is 3.62. The Kier molecular flexibility index (Phi) is 6.37. The van der Waals surface area contributed by atoms with Crippen molar-refractivity contribution in [1.82, 2.24) is 5.32 Å². The molecule has 5 heteroatoms. The summed E-state index contributed by atoms with van der Waals surface area (Å²) in [6.07, 6.45) is 0.703. The van der Waals surface area contributed by atoms with Gasteiger partial charge in [-0.25, -0.2) is 0 Å². The van der Waals surface area contributed by atoms with Gasteiger partial charge in [0, 0.05) is 19.2 Å². The summed E-state index contributed by atoms with van der Waals surface area (Å²) < 4.78 is 5.18. The van der Waals surface area contributed by atoms with Gasteiger partial charge in [0.15, 0.2) is 0 Å². The van der Waals surface area contributed by atoms with Gasteiger partial charge in [-0.2, -0.15) is 0 Å². The molecular weight excluding hydrogens is 304 g/mol. The molecule has 0 radical (unpaired) electrons. The van der Waals surface area contributed by atoms with Crippen molar-refractivity contribution in [2.24, 2.45) is 0 Å². The normalized spacial score (nSPS) is 10.1. The van der Waals surface area contributed by atoms with Crippen molar-refractivity contribution in [3.8, 4) is 5.75 Å². The number of benzene rings is 2. The molecule has 0 heterocycles. The van der Waals surface area contributed by atoms with Gasteiger partial charge in [0.25, 0.3) is 0 Å². The van der Waals surface area contributed by atoms with Gasteiger partial charge in [-0.3, -0.25) is 9.59 Å². The first-order chi connectivity index (χ1) is 11.6. The van der Waals surface area contributed by atoms with Crippen molar-refractivity contribution in [1.29, 1.82) is 0 Å². The van der Waals surface area contributed by atoms with Crippen LogP contribution in [0.5, 0.6) is 5.75 Å². The average molecular weight is 326 g/mol. The van der Waals surface area contributed by atoms with Crippen LogP contribution in [0.15, 0.2) is 54.6 Å². The van der Waals surface area contributed by atoms with E-state index in [1.807, 2.05) is 54.6 Å². The highest BCUT2D eigenvalue weighted by Gasteiger charge is 2.15. The first-order valence-corrected chi connectivity index (χ1v) is 7.83. The second-order valence-electron chi connectivity index (χ2n) is 5.39. The number of carbonyl (C=O) groups excluding carboxylic acids is 2. The first-order valence-electron chi connectivity index (χ1n) is 7.83. The summed E-state index contributed by atoms with van der Waals surface area (Å²) in [4.78, 5) is 25.4. The molecule has 0 saturated heterocycles. The van der Waals surface area contributed by atoms with Crippen molar-refractivity contribution in [3.05, 3.63) is 60.2 Å². The Bertz CT molecular complexity index is 686. The minimum atomic E-state index is -0.183. The van der Waals surface area contributed by atoms with E-state index in [9.17, 15) is 9.59 Å². The third-order valence-electron chi connectivity index (χ3n) is 3.62. The van der Waals surface area contributed by atoms with Gasteiger partial charge in [-0.15, -0.1) is 0 Å². The molecule has 2 aromatic carbocycles. The van der Waals surface area contributed by atoms with Gasteiger partial charge in [-0.1, -0.05) is 30.3 Å². The van der Waals surface area contributed by atoms with Gasteiger partial charge >= 0.3 is 0 Å². The Labute approximate surface area is 142 Å². The number of rotatable bonds is 7. The fourth-order valence-corrected chi connectivity index (χ4v) is 2.37. The molecule has 2 aromatic rings. The molecule has 1 N–H and O–H groups in total. The van der Waals surface area contributed by atoms with Gasteiger partial charge in [0.2, 0.25) is 11.8 Å². The highest BCUT2D eigenvalue weighted by molar-refractivity contribution is 5.97. The number of ether oxygens (including phenoxy) is 1. The van der Waals surface area contributed by atoms with Crippen LogP contribution in [0.1, 0.15) is 12.5 Å². The standard InChI is InChI=1S/C19H22N2O3/c1-15(22)21(17-8-4-3-5-9-17)14-19(23)20-12-11-16-7-6-10-18(13-16)24-2/h3-10,13H,11-12,14H2,1-2H3,(H,20,23). The maximum atomic E-state index is 12.1. The molecule has 0 fully saturated rings. The van der Waals surface area contributed by atoms with Crippen molar-refractivity contribution < 1.29 is 14.3 Å². The monoisotopic (exact) mass is 326 g/mol. The van der Waals surface area contributed by atoms with Gasteiger partial charge in [0.1, 0.15) is 12.3 Å². The Balaban J connectivity index is 1.86. The molecule has 0 unspecified atom stereocenters. The zero-order valence-corrected chi connectivity index (χ0v) is 14.0. The van der Waals surface area contributed by atoms with Crippen LogP contribution in [0.3, 0.4) is 0 Å². The Morgan fingerprint density at radius 2 is 1.83 bits per heavy atom. The third kappa shape index (κ3) is 5.12. The Hall–Kier alpha value is -2.82. The molecule has 0 aliphatic heterocycles. The van der Waals surface area contributed by atoms with Crippen LogP contribution in [0.2, 0.25) is 0 Å². The number of para-hydroxylation sites is 1. The van der Waals surface area contributed by atoms with Crippen LogP contribution in [-0.4, -0.2) is 32.0 Å². The van der Waals surface area contributed by atoms with Gasteiger partial charge < -0.3 is 15.0 Å². The smallest absolute Gasteiger partial charge is 0.240 e. The average Bonchev–Trinajstić information content (AvgIpc) is 2.60. The number of nitrogens with one attached hydrogen (secondary N) is 1. The molecule has 0 bridgehead atoms. The van der Waals surface area contributed by atoms with E-state index in [0.717, 1.165) is 11.3 Å². The SMILES string of the molecule is COc1cccc(CCNC(=O)CN(C(C)=O)c2ccccc2)c1. The molecule has 2 amide bonds. The predicted octanol–water partition coefficient (Wildman–Crippen LogP) is 2.41. The molecule has 0 spiro atoms. The number of hydrogen-bond acceptors (Lipinski definition) is 3. The quantitative estimate of drug-likeness (QED) is 0.850. The summed E-state index contributed by atoms with van der Waals surface area (Å²) in [6.45, 7) is 1.97. The fourth-order valence-electron chi connectivity index (χ4n) is 2.37. The number of amides is 2. The van der Waals surface area contributed by atoms with E-state index in [1.54, 1.807) is 7.11 Å². The zero-order valence-electron chi connectivity index (χ0n) is 14.0. The summed E-state index contributed by atoms with van der Waals surface area (Å²) in [5.41, 5.74) is 1.80. The topological polar surface area (TPSA) is 58.6 Å². The maximum absolute atomic E-state index is 12.1. The molecule has 24 heavy (non-hydrogen) atoms. The number of carbonyl (C=O) groups is 2. The van der Waals surface area contributed by atoms with Gasteiger partial charge in [0.05, 0.1) is 7.11 Å². The molecule has 0 aromatic heterocycles. The predicted molar refractivity (Wildman–Crippen MR) is 94.2 cm³/mol. The van der Waals surface area contributed by atoms with Crippen molar-refractivity contribution in [3.63, 3.8) is 0 Å². The van der Waals surface area contributed by atoms with E-state index in [1.165, 1.54) is 11.8 Å². The van der Waals surface area contributed by atoms with E-state index >= 15 is 0 Å². The van der Waals surface area contributed by atoms with Gasteiger partial charge in [-0.05, 0) is 36.2 Å². The lowest BCUT2D eigenvalue weighted by atomic mass is 10.1. The minimum absolute atomic E-state index is 0.0114. The largest absolute Gasteiger partial charge is 0.497 e. The number of hydrogen-bond donors (Lipinski definition) is 1. The Morgan fingerprint density at radius 1 is 1.08 bits per heavy atom. The minimum Gasteiger partial charge on any atom is -0.497 e. The fraction of sp³-hybridized carbons (Fsp3) is 0.263. The van der Waals surface area contributed by atoms with Crippen LogP contribution in [0.4, 0.5) is 5.69 Å². The van der Waals surface area contributed by atoms with Crippen molar-refractivity contribution >= 4 is 17.5 Å². The van der Waals surface area contributed by atoms with Crippen LogP contribution in [-0.2, 0) is 16.0 Å². The summed E-state index contributed by atoms with van der Waals surface area (Å²) in [7, 11) is 1.63. The number of nitrogens with zero attached hydrogens (tertiary/aromatic N) is 1. The molecular formula is C19H22N2O3. The summed E-state index contributed by atoms with van der Waals surface area (Å²) in [6, 6.07) is 16.9. The number of anilines is 1. The first kappa shape index (κ1) is 17.5. The van der Waals surface area contributed by atoms with E-state index in [0.29, 0.717) is 18.7 Å². The second-order valence-corrected chi connectivity index (χ2v) is 5.39. The molecule has 0 atom stereocenters. The lowest BCUT2D eigenvalue weighted by Crippen LogP contribution is -2.40. The van der Waals surface area contributed by atoms with Crippen LogP contribution >= 0.6 is 0 Å². The molecule has 126 valence electrons. The lowest BCUT2D eigenvalue weighted by Gasteiger charge is -2.20. The van der Waals surface area contributed by atoms with Crippen molar-refractivity contribution in [2.45, 2.75) is 13.3 Å². The van der Waals surface area contributed by atoms with E-state index in [-0.39, 0.29) is 18.4 Å². The lowest BCUT2D eigenvalue weighted by molar-refractivity contribution is -0.123. The molecule has 0 saturated carbocycles. The molecule has 0 aliphatic rings. The maximum Gasteiger partial charge on any atom is 0.240 e. The van der Waals surface area contributed by atoms with Crippen LogP contribution in [0, 0.1) is 0 Å². The number of methoxy groups -OCH3 is 1. The van der Waals surface area contributed by atoms with Crippen LogP contribution in [0.25, 0.3) is 0 Å². The second kappa shape index (κ2) is 8.72. The molecule has 2 rings (SSSR count). The van der Waals surface area contributed by atoms with Crippen molar-refractivity contribution in [2.75, 3.05) is 25.1 Å². The Morgan fingerprint density at radius 3 is 2.50 bits per heavy atom. The summed E-state index contributed by atoms with van der Waals surface area (Å²) in [5.74, 6) is 0.451. The highest BCUT2D eigenvalue weighted by Crippen LogP contribution is 2.14. The highest BCUT2D eigenvalue weighted by atomic mass is 16.5. The van der Waals surface area contributed by atoms with Crippen LogP contribution < -0.4 is 15.0 Å².